The third kappa shape index (κ3) is 4.76. The Morgan fingerprint density at radius 1 is 1.09 bits per heavy atom. The first kappa shape index (κ1) is 22.6. The maximum atomic E-state index is 12.7. The number of aromatic nitrogens is 1. The summed E-state index contributed by atoms with van der Waals surface area (Å²) in [4.78, 5) is 17.3. The van der Waals surface area contributed by atoms with Crippen molar-refractivity contribution in [1.82, 2.24) is 10.3 Å². The molecular weight excluding hydrogens is 462 g/mol. The molecule has 4 aromatic rings. The lowest BCUT2D eigenvalue weighted by Gasteiger charge is -2.14. The van der Waals surface area contributed by atoms with Gasteiger partial charge < -0.3 is 19.2 Å². The molecule has 0 fully saturated rings. The molecule has 1 heterocycles. The summed E-state index contributed by atoms with van der Waals surface area (Å²) in [5.41, 5.74) is 4.00. The number of nitrogens with zero attached hydrogens (tertiary/aromatic N) is 1. The standard InChI is InChI=1S/C24H20ClN3O4S/c1-13-16(23-26-19-11-14(25)7-10-20(19)32-23)5-4-6-18(13)27-24(33)28-22(29)17-9-8-15(30-2)12-21(17)31-3/h4-12H,1-3H3,(H2,27,28,29,33). The third-order valence-corrected chi connectivity index (χ3v) is 5.48. The maximum Gasteiger partial charge on any atom is 0.261 e. The van der Waals surface area contributed by atoms with Gasteiger partial charge in [0.2, 0.25) is 5.89 Å². The van der Waals surface area contributed by atoms with E-state index in [4.69, 9.17) is 37.7 Å². The second-order valence-electron chi connectivity index (χ2n) is 7.08. The maximum absolute atomic E-state index is 12.7. The van der Waals surface area contributed by atoms with Gasteiger partial charge >= 0.3 is 0 Å². The van der Waals surface area contributed by atoms with Crippen molar-refractivity contribution in [3.05, 3.63) is 70.7 Å². The summed E-state index contributed by atoms with van der Waals surface area (Å²) >= 11 is 11.4. The number of thiocarbonyl (C=S) groups is 1. The lowest BCUT2D eigenvalue weighted by molar-refractivity contribution is 0.0974. The topological polar surface area (TPSA) is 85.6 Å². The molecule has 0 aliphatic heterocycles. The number of hydrogen-bond acceptors (Lipinski definition) is 6. The predicted octanol–water partition coefficient (Wildman–Crippen LogP) is 5.60. The number of nitrogens with one attached hydrogen (secondary N) is 2. The van der Waals surface area contributed by atoms with E-state index in [9.17, 15) is 4.79 Å². The number of rotatable bonds is 5. The Labute approximate surface area is 200 Å². The van der Waals surface area contributed by atoms with Crippen molar-refractivity contribution in [2.24, 2.45) is 0 Å². The van der Waals surface area contributed by atoms with Crippen LogP contribution < -0.4 is 20.1 Å². The summed E-state index contributed by atoms with van der Waals surface area (Å²) in [5.74, 6) is 1.02. The molecule has 0 saturated heterocycles. The van der Waals surface area contributed by atoms with Crippen LogP contribution in [0.1, 0.15) is 15.9 Å². The summed E-state index contributed by atoms with van der Waals surface area (Å²) < 4.78 is 16.4. The number of carbonyl (C=O) groups excluding carboxylic acids is 1. The molecule has 168 valence electrons. The molecule has 3 aromatic carbocycles. The molecule has 0 radical (unpaired) electrons. The van der Waals surface area contributed by atoms with Crippen molar-refractivity contribution in [1.29, 1.82) is 0 Å². The van der Waals surface area contributed by atoms with Crippen LogP contribution in [0.2, 0.25) is 5.02 Å². The molecule has 1 amide bonds. The fourth-order valence-electron chi connectivity index (χ4n) is 3.33. The Morgan fingerprint density at radius 2 is 1.91 bits per heavy atom. The van der Waals surface area contributed by atoms with Gasteiger partial charge in [-0.2, -0.15) is 0 Å². The van der Waals surface area contributed by atoms with Crippen LogP contribution in [0.4, 0.5) is 5.69 Å². The minimum atomic E-state index is -0.406. The molecule has 0 spiro atoms. The molecule has 0 atom stereocenters. The highest BCUT2D eigenvalue weighted by atomic mass is 35.5. The van der Waals surface area contributed by atoms with Gasteiger partial charge in [-0.1, -0.05) is 17.7 Å². The lowest BCUT2D eigenvalue weighted by Crippen LogP contribution is -2.34. The van der Waals surface area contributed by atoms with E-state index < -0.39 is 5.91 Å². The Morgan fingerprint density at radius 3 is 2.67 bits per heavy atom. The molecule has 4 rings (SSSR count). The number of fused-ring (bicyclic) bond motifs is 1. The summed E-state index contributed by atoms with van der Waals surface area (Å²) in [5, 5.41) is 6.47. The number of amides is 1. The van der Waals surface area contributed by atoms with Crippen molar-refractivity contribution in [3.8, 4) is 23.0 Å². The first-order chi connectivity index (χ1) is 15.9. The molecule has 9 heteroatoms. The highest BCUT2D eigenvalue weighted by Crippen LogP contribution is 2.31. The Balaban J connectivity index is 1.53. The zero-order chi connectivity index (χ0) is 23.5. The first-order valence-electron chi connectivity index (χ1n) is 9.90. The Bertz CT molecular complexity index is 1370. The Hall–Kier alpha value is -3.62. The summed E-state index contributed by atoms with van der Waals surface area (Å²) in [7, 11) is 3.02. The Kier molecular flexibility index (Phi) is 6.48. The number of ether oxygens (including phenoxy) is 2. The third-order valence-electron chi connectivity index (χ3n) is 5.04. The van der Waals surface area contributed by atoms with Crippen LogP contribution in [0.15, 0.2) is 59.0 Å². The number of oxazole rings is 1. The number of halogens is 1. The van der Waals surface area contributed by atoms with E-state index in [0.717, 1.165) is 11.1 Å². The molecule has 7 nitrogen and oxygen atoms in total. The average Bonchev–Trinajstić information content (AvgIpc) is 3.22. The smallest absolute Gasteiger partial charge is 0.261 e. The van der Waals surface area contributed by atoms with Crippen LogP contribution in [-0.4, -0.2) is 30.2 Å². The molecule has 0 unspecified atom stereocenters. The van der Waals surface area contributed by atoms with Crippen molar-refractivity contribution < 1.29 is 18.7 Å². The van der Waals surface area contributed by atoms with Crippen LogP contribution in [0.25, 0.3) is 22.6 Å². The largest absolute Gasteiger partial charge is 0.497 e. The minimum Gasteiger partial charge on any atom is -0.497 e. The summed E-state index contributed by atoms with van der Waals surface area (Å²) in [6.07, 6.45) is 0. The molecule has 1 aromatic heterocycles. The van der Waals surface area contributed by atoms with Gasteiger partial charge in [-0.3, -0.25) is 10.1 Å². The molecule has 2 N–H and O–H groups in total. The number of benzene rings is 3. The fraction of sp³-hybridized carbons (Fsp3) is 0.125. The second-order valence-corrected chi connectivity index (χ2v) is 7.93. The van der Waals surface area contributed by atoms with E-state index in [2.05, 4.69) is 15.6 Å². The van der Waals surface area contributed by atoms with Gasteiger partial charge in [-0.15, -0.1) is 0 Å². The average molecular weight is 482 g/mol. The fourth-order valence-corrected chi connectivity index (χ4v) is 3.70. The number of carbonyl (C=O) groups is 1. The van der Waals surface area contributed by atoms with Crippen molar-refractivity contribution in [3.63, 3.8) is 0 Å². The number of hydrogen-bond donors (Lipinski definition) is 2. The van der Waals surface area contributed by atoms with Gasteiger partial charge in [0.05, 0.1) is 19.8 Å². The lowest BCUT2D eigenvalue weighted by atomic mass is 10.1. The highest BCUT2D eigenvalue weighted by molar-refractivity contribution is 7.80. The zero-order valence-corrected chi connectivity index (χ0v) is 19.6. The number of methoxy groups -OCH3 is 2. The first-order valence-corrected chi connectivity index (χ1v) is 10.7. The van der Waals surface area contributed by atoms with Crippen molar-refractivity contribution >= 4 is 51.6 Å². The number of anilines is 1. The van der Waals surface area contributed by atoms with Crippen LogP contribution in [0.3, 0.4) is 0 Å². The second kappa shape index (κ2) is 9.48. The molecule has 0 aliphatic rings. The summed E-state index contributed by atoms with van der Waals surface area (Å²) in [6.45, 7) is 1.91. The SMILES string of the molecule is COc1ccc(C(=O)NC(=S)Nc2cccc(-c3nc4cc(Cl)ccc4o3)c2C)c(OC)c1. The van der Waals surface area contributed by atoms with E-state index >= 15 is 0 Å². The van der Waals surface area contributed by atoms with Gasteiger partial charge in [0.25, 0.3) is 5.91 Å². The van der Waals surface area contributed by atoms with Gasteiger partial charge in [-0.05, 0) is 67.2 Å². The van der Waals surface area contributed by atoms with E-state index in [1.807, 2.05) is 25.1 Å². The zero-order valence-electron chi connectivity index (χ0n) is 18.1. The van der Waals surface area contributed by atoms with E-state index in [1.54, 1.807) is 43.5 Å². The summed E-state index contributed by atoms with van der Waals surface area (Å²) in [6, 6.07) is 15.8. The van der Waals surface area contributed by atoms with E-state index in [-0.39, 0.29) is 5.11 Å². The predicted molar refractivity (Wildman–Crippen MR) is 132 cm³/mol. The van der Waals surface area contributed by atoms with Gasteiger partial charge in [0, 0.05) is 22.3 Å². The van der Waals surface area contributed by atoms with Crippen molar-refractivity contribution in [2.75, 3.05) is 19.5 Å². The van der Waals surface area contributed by atoms with Crippen LogP contribution in [0, 0.1) is 6.92 Å². The quantitative estimate of drug-likeness (QED) is 0.359. The normalized spacial score (nSPS) is 10.7. The van der Waals surface area contributed by atoms with Crippen LogP contribution in [-0.2, 0) is 0 Å². The highest BCUT2D eigenvalue weighted by Gasteiger charge is 2.17. The monoisotopic (exact) mass is 481 g/mol. The van der Waals surface area contributed by atoms with Gasteiger partial charge in [-0.25, -0.2) is 4.98 Å². The minimum absolute atomic E-state index is 0.141. The molecule has 0 saturated carbocycles. The van der Waals surface area contributed by atoms with Gasteiger partial charge in [0.15, 0.2) is 10.7 Å². The van der Waals surface area contributed by atoms with Gasteiger partial charge in [0.1, 0.15) is 17.0 Å². The molecule has 33 heavy (non-hydrogen) atoms. The molecule has 0 bridgehead atoms. The molecule has 0 aliphatic carbocycles. The van der Waals surface area contributed by atoms with Crippen LogP contribution in [0.5, 0.6) is 11.5 Å². The van der Waals surface area contributed by atoms with Crippen LogP contribution >= 0.6 is 23.8 Å². The van der Waals surface area contributed by atoms with E-state index in [0.29, 0.717) is 44.8 Å². The molecular formula is C24H20ClN3O4S. The van der Waals surface area contributed by atoms with Crippen molar-refractivity contribution in [2.45, 2.75) is 6.92 Å². The van der Waals surface area contributed by atoms with E-state index in [1.165, 1.54) is 7.11 Å².